The average molecular weight is 409 g/mol. The highest BCUT2D eigenvalue weighted by Crippen LogP contribution is 2.30. The van der Waals surface area contributed by atoms with Crippen LogP contribution in [0.25, 0.3) is 0 Å². The van der Waals surface area contributed by atoms with E-state index in [1.54, 1.807) is 20.4 Å². The Morgan fingerprint density at radius 1 is 1.03 bits per heavy atom. The Balaban J connectivity index is 1.86. The molecule has 3 rings (SSSR count). The van der Waals surface area contributed by atoms with E-state index in [-0.39, 0.29) is 12.1 Å². The summed E-state index contributed by atoms with van der Waals surface area (Å²) in [7, 11) is 5.13. The minimum Gasteiger partial charge on any atom is -0.496 e. The first-order valence-corrected chi connectivity index (χ1v) is 9.76. The van der Waals surface area contributed by atoms with Gasteiger partial charge >= 0.3 is 6.03 Å². The summed E-state index contributed by atoms with van der Waals surface area (Å²) in [5.74, 6) is 2.12. The summed E-state index contributed by atoms with van der Waals surface area (Å²) in [6.45, 7) is 3.93. The van der Waals surface area contributed by atoms with Crippen LogP contribution in [-0.4, -0.2) is 29.8 Å². The van der Waals surface area contributed by atoms with Gasteiger partial charge in [0.1, 0.15) is 23.4 Å². The molecule has 7 heteroatoms. The largest absolute Gasteiger partial charge is 0.496 e. The molecule has 1 heterocycles. The molecule has 0 fully saturated rings. The molecule has 0 saturated carbocycles. The van der Waals surface area contributed by atoms with Crippen molar-refractivity contribution in [1.82, 2.24) is 20.2 Å². The number of hydrogen-bond acceptors (Lipinski definition) is 4. The number of aromatic nitrogens is 2. The van der Waals surface area contributed by atoms with Gasteiger partial charge in [0.05, 0.1) is 20.3 Å². The molecular weight excluding hydrogens is 380 g/mol. The fourth-order valence-corrected chi connectivity index (χ4v) is 3.48. The summed E-state index contributed by atoms with van der Waals surface area (Å²) in [5.41, 5.74) is 2.84. The molecular formula is C23H28N4O3. The van der Waals surface area contributed by atoms with Crippen LogP contribution < -0.4 is 20.1 Å². The monoisotopic (exact) mass is 408 g/mol. The van der Waals surface area contributed by atoms with Crippen molar-refractivity contribution in [3.05, 3.63) is 77.4 Å². The lowest BCUT2D eigenvalue weighted by Crippen LogP contribution is -2.40. The van der Waals surface area contributed by atoms with Gasteiger partial charge in [-0.25, -0.2) is 9.78 Å². The van der Waals surface area contributed by atoms with Gasteiger partial charge in [-0.05, 0) is 26.0 Å². The SMILES string of the molecule is COc1ccc(C)cc1C(C)NC(=O)NC(c1ccccc1OC)c1nccn1C. The molecule has 0 spiro atoms. The van der Waals surface area contributed by atoms with Crippen LogP contribution >= 0.6 is 0 Å². The Kier molecular flexibility index (Phi) is 6.61. The maximum atomic E-state index is 13.0. The molecule has 3 aromatic rings. The Hall–Kier alpha value is -3.48. The number of carbonyl (C=O) groups excluding carboxylic acids is 1. The Morgan fingerprint density at radius 3 is 2.40 bits per heavy atom. The third kappa shape index (κ3) is 4.56. The summed E-state index contributed by atoms with van der Waals surface area (Å²) in [5, 5.41) is 6.06. The number of aryl methyl sites for hydroxylation is 2. The van der Waals surface area contributed by atoms with Crippen LogP contribution in [0.15, 0.2) is 54.9 Å². The average Bonchev–Trinajstić information content (AvgIpc) is 3.17. The predicted molar refractivity (Wildman–Crippen MR) is 116 cm³/mol. The van der Waals surface area contributed by atoms with E-state index >= 15 is 0 Å². The van der Waals surface area contributed by atoms with E-state index in [0.717, 1.165) is 22.4 Å². The van der Waals surface area contributed by atoms with Gasteiger partial charge in [0.25, 0.3) is 0 Å². The summed E-state index contributed by atoms with van der Waals surface area (Å²) >= 11 is 0. The lowest BCUT2D eigenvalue weighted by atomic mass is 10.0. The highest BCUT2D eigenvalue weighted by molar-refractivity contribution is 5.75. The first-order chi connectivity index (χ1) is 14.4. The number of imidazole rings is 1. The molecule has 0 radical (unpaired) electrons. The highest BCUT2D eigenvalue weighted by atomic mass is 16.5. The van der Waals surface area contributed by atoms with Gasteiger partial charge in [-0.15, -0.1) is 0 Å². The van der Waals surface area contributed by atoms with Gasteiger partial charge in [0.15, 0.2) is 0 Å². The standard InChI is InChI=1S/C23H28N4O3/c1-15-10-11-20(30-5)18(14-15)16(2)25-23(28)26-21(22-24-12-13-27(22)3)17-8-6-7-9-19(17)29-4/h6-14,16,21H,1-5H3,(H2,25,26,28). The van der Waals surface area contributed by atoms with Gasteiger partial charge in [0.2, 0.25) is 0 Å². The quantitative estimate of drug-likeness (QED) is 0.622. The number of amides is 2. The lowest BCUT2D eigenvalue weighted by molar-refractivity contribution is 0.234. The minimum absolute atomic E-state index is 0.250. The van der Waals surface area contributed by atoms with Crippen molar-refractivity contribution >= 4 is 6.03 Å². The molecule has 0 bridgehead atoms. The molecule has 0 aliphatic heterocycles. The van der Waals surface area contributed by atoms with Crippen molar-refractivity contribution in [2.75, 3.05) is 14.2 Å². The van der Waals surface area contributed by atoms with Crippen LogP contribution in [0, 0.1) is 6.92 Å². The maximum absolute atomic E-state index is 13.0. The van der Waals surface area contributed by atoms with E-state index in [4.69, 9.17) is 9.47 Å². The van der Waals surface area contributed by atoms with Crippen LogP contribution in [-0.2, 0) is 7.05 Å². The van der Waals surface area contributed by atoms with Crippen molar-refractivity contribution in [2.45, 2.75) is 25.9 Å². The summed E-state index contributed by atoms with van der Waals surface area (Å²) in [6.07, 6.45) is 3.55. The molecule has 1 aromatic heterocycles. The van der Waals surface area contributed by atoms with Crippen LogP contribution in [0.2, 0.25) is 0 Å². The molecule has 2 N–H and O–H groups in total. The fraction of sp³-hybridized carbons (Fsp3) is 0.304. The lowest BCUT2D eigenvalue weighted by Gasteiger charge is -2.23. The van der Waals surface area contributed by atoms with Crippen molar-refractivity contribution in [3.8, 4) is 11.5 Å². The van der Waals surface area contributed by atoms with Crippen LogP contribution in [0.3, 0.4) is 0 Å². The Bertz CT molecular complexity index is 1020. The van der Waals surface area contributed by atoms with Crippen molar-refractivity contribution < 1.29 is 14.3 Å². The van der Waals surface area contributed by atoms with E-state index < -0.39 is 6.04 Å². The van der Waals surface area contributed by atoms with Crippen molar-refractivity contribution in [2.24, 2.45) is 7.05 Å². The minimum atomic E-state index is -0.479. The maximum Gasteiger partial charge on any atom is 0.316 e. The predicted octanol–water partition coefficient (Wildman–Crippen LogP) is 3.90. The first-order valence-electron chi connectivity index (χ1n) is 9.76. The molecule has 2 amide bonds. The molecule has 7 nitrogen and oxygen atoms in total. The van der Waals surface area contributed by atoms with Crippen LogP contribution in [0.5, 0.6) is 11.5 Å². The van der Waals surface area contributed by atoms with E-state index in [9.17, 15) is 4.79 Å². The second-order valence-electron chi connectivity index (χ2n) is 7.16. The number of nitrogens with one attached hydrogen (secondary N) is 2. The van der Waals surface area contributed by atoms with E-state index in [1.807, 2.05) is 74.1 Å². The molecule has 2 aromatic carbocycles. The number of rotatable bonds is 7. The summed E-state index contributed by atoms with van der Waals surface area (Å²) in [4.78, 5) is 17.4. The van der Waals surface area contributed by atoms with Gasteiger partial charge in [-0.2, -0.15) is 0 Å². The number of methoxy groups -OCH3 is 2. The highest BCUT2D eigenvalue weighted by Gasteiger charge is 2.25. The third-order valence-corrected chi connectivity index (χ3v) is 5.04. The smallest absolute Gasteiger partial charge is 0.316 e. The summed E-state index contributed by atoms with van der Waals surface area (Å²) < 4.78 is 12.9. The van der Waals surface area contributed by atoms with Gasteiger partial charge in [0, 0.05) is 30.6 Å². The van der Waals surface area contributed by atoms with Gasteiger partial charge in [-0.1, -0.05) is 35.9 Å². The van der Waals surface area contributed by atoms with E-state index in [0.29, 0.717) is 11.6 Å². The molecule has 2 atom stereocenters. The number of carbonyl (C=O) groups is 1. The fourth-order valence-electron chi connectivity index (χ4n) is 3.48. The second-order valence-corrected chi connectivity index (χ2v) is 7.16. The molecule has 2 unspecified atom stereocenters. The number of urea groups is 1. The van der Waals surface area contributed by atoms with Crippen LogP contribution in [0.4, 0.5) is 4.79 Å². The van der Waals surface area contributed by atoms with E-state index in [1.165, 1.54) is 0 Å². The zero-order chi connectivity index (χ0) is 21.7. The summed E-state index contributed by atoms with van der Waals surface area (Å²) in [6, 6.07) is 12.5. The zero-order valence-corrected chi connectivity index (χ0v) is 18.0. The topological polar surface area (TPSA) is 77.4 Å². The Labute approximate surface area is 177 Å². The molecule has 30 heavy (non-hydrogen) atoms. The van der Waals surface area contributed by atoms with Crippen molar-refractivity contribution in [1.29, 1.82) is 0 Å². The molecule has 0 aliphatic carbocycles. The Morgan fingerprint density at radius 2 is 1.73 bits per heavy atom. The number of benzene rings is 2. The normalized spacial score (nSPS) is 12.7. The third-order valence-electron chi connectivity index (χ3n) is 5.04. The first kappa shape index (κ1) is 21.2. The number of nitrogens with zero attached hydrogens (tertiary/aromatic N) is 2. The van der Waals surface area contributed by atoms with Crippen LogP contribution in [0.1, 0.15) is 41.5 Å². The number of para-hydroxylation sites is 1. The second kappa shape index (κ2) is 9.35. The van der Waals surface area contributed by atoms with E-state index in [2.05, 4.69) is 15.6 Å². The van der Waals surface area contributed by atoms with Gasteiger partial charge < -0.3 is 24.7 Å². The molecule has 0 saturated heterocycles. The zero-order valence-electron chi connectivity index (χ0n) is 18.0. The van der Waals surface area contributed by atoms with Crippen molar-refractivity contribution in [3.63, 3.8) is 0 Å². The number of ether oxygens (including phenoxy) is 2. The number of hydrogen-bond donors (Lipinski definition) is 2. The van der Waals surface area contributed by atoms with Gasteiger partial charge in [-0.3, -0.25) is 0 Å². The molecule has 158 valence electrons. The molecule has 0 aliphatic rings.